The molecule has 0 bridgehead atoms. The molecule has 0 aliphatic carbocycles. The van der Waals surface area contributed by atoms with E-state index in [9.17, 15) is 18.0 Å². The molecule has 7 nitrogen and oxygen atoms in total. The van der Waals surface area contributed by atoms with Gasteiger partial charge in [0.15, 0.2) is 5.82 Å². The highest BCUT2D eigenvalue weighted by atomic mass is 19.4. The Morgan fingerprint density at radius 3 is 2.44 bits per heavy atom. The van der Waals surface area contributed by atoms with Gasteiger partial charge in [0.05, 0.1) is 16.7 Å². The highest BCUT2D eigenvalue weighted by Gasteiger charge is 2.38. The Labute approximate surface area is 181 Å². The first kappa shape index (κ1) is 21.5. The van der Waals surface area contributed by atoms with Crippen molar-refractivity contribution < 1.29 is 18.0 Å². The van der Waals surface area contributed by atoms with Crippen LogP contribution in [0.25, 0.3) is 16.9 Å². The number of carbonyl (C=O) groups excluding carboxylic acids is 1. The first-order valence-corrected chi connectivity index (χ1v) is 9.88. The molecule has 3 heterocycles. The van der Waals surface area contributed by atoms with Crippen molar-refractivity contribution in [2.24, 2.45) is 0 Å². The number of pyridine rings is 1. The van der Waals surface area contributed by atoms with Crippen LogP contribution in [-0.2, 0) is 22.9 Å². The fourth-order valence-electron chi connectivity index (χ4n) is 3.27. The molecule has 0 aliphatic rings. The van der Waals surface area contributed by atoms with Crippen LogP contribution in [0.5, 0.6) is 0 Å². The molecule has 0 aliphatic heterocycles. The Bertz CT molecular complexity index is 1270. The number of amides is 1. The second kappa shape index (κ2) is 7.77. The monoisotopic (exact) mass is 442 g/mol. The number of para-hydroxylation sites is 2. The summed E-state index contributed by atoms with van der Waals surface area (Å²) in [7, 11) is 0. The summed E-state index contributed by atoms with van der Waals surface area (Å²) in [5.74, 6) is -0.974. The number of anilines is 1. The summed E-state index contributed by atoms with van der Waals surface area (Å²) in [4.78, 5) is 20.8. The molecule has 10 heteroatoms. The lowest BCUT2D eigenvalue weighted by molar-refractivity contribution is -0.147. The summed E-state index contributed by atoms with van der Waals surface area (Å²) in [6.45, 7) is 5.35. The van der Waals surface area contributed by atoms with Crippen molar-refractivity contribution in [2.75, 3.05) is 5.32 Å². The van der Waals surface area contributed by atoms with E-state index in [0.29, 0.717) is 17.3 Å². The maximum Gasteiger partial charge on any atom is 0.449 e. The minimum Gasteiger partial charge on any atom is -0.311 e. The zero-order valence-corrected chi connectivity index (χ0v) is 17.7. The Morgan fingerprint density at radius 1 is 1.06 bits per heavy atom. The molecule has 1 amide bonds. The topological polar surface area (TPSA) is 77.6 Å². The highest BCUT2D eigenvalue weighted by molar-refractivity contribution is 5.91. The molecule has 0 radical (unpaired) electrons. The lowest BCUT2D eigenvalue weighted by Crippen LogP contribution is -2.24. The van der Waals surface area contributed by atoms with Crippen LogP contribution in [0.4, 0.5) is 19.0 Å². The summed E-state index contributed by atoms with van der Waals surface area (Å²) in [5.41, 5.74) is 0.774. The molecule has 0 saturated heterocycles. The van der Waals surface area contributed by atoms with Gasteiger partial charge < -0.3 is 9.88 Å². The number of rotatable bonds is 4. The van der Waals surface area contributed by atoms with Crippen molar-refractivity contribution in [1.29, 1.82) is 0 Å². The first-order valence-electron chi connectivity index (χ1n) is 9.88. The number of fused-ring (bicyclic) bond motifs is 1. The minimum atomic E-state index is -4.70. The maximum atomic E-state index is 13.5. The number of aromatic nitrogens is 5. The van der Waals surface area contributed by atoms with Crippen molar-refractivity contribution in [3.63, 3.8) is 0 Å². The van der Waals surface area contributed by atoms with Gasteiger partial charge in [0.2, 0.25) is 11.7 Å². The van der Waals surface area contributed by atoms with E-state index in [1.54, 1.807) is 42.6 Å². The number of nitrogens with zero attached hydrogens (tertiary/aromatic N) is 5. The van der Waals surface area contributed by atoms with Gasteiger partial charge in [-0.25, -0.2) is 9.97 Å². The van der Waals surface area contributed by atoms with Crippen LogP contribution >= 0.6 is 0 Å². The van der Waals surface area contributed by atoms with Gasteiger partial charge >= 0.3 is 6.18 Å². The molecule has 1 aromatic carbocycles. The van der Waals surface area contributed by atoms with Crippen LogP contribution in [0.2, 0.25) is 0 Å². The molecule has 4 rings (SSSR count). The molecule has 0 fully saturated rings. The van der Waals surface area contributed by atoms with E-state index in [4.69, 9.17) is 0 Å². The van der Waals surface area contributed by atoms with Gasteiger partial charge in [0, 0.05) is 17.7 Å². The summed E-state index contributed by atoms with van der Waals surface area (Å²) < 4.78 is 43.0. The number of hydrogen-bond donors (Lipinski definition) is 1. The third-order valence-corrected chi connectivity index (χ3v) is 4.82. The average Bonchev–Trinajstić information content (AvgIpc) is 3.31. The maximum absolute atomic E-state index is 13.5. The molecule has 1 N–H and O–H groups in total. The molecule has 0 atom stereocenters. The normalized spacial score (nSPS) is 12.3. The fraction of sp³-hybridized carbons (Fsp3) is 0.273. The predicted molar refractivity (Wildman–Crippen MR) is 113 cm³/mol. The number of carbonyl (C=O) groups is 1. The van der Waals surface area contributed by atoms with Crippen LogP contribution in [-0.4, -0.2) is 30.2 Å². The number of alkyl halides is 3. The average molecular weight is 442 g/mol. The molecule has 0 unspecified atom stereocenters. The Balaban J connectivity index is 1.70. The van der Waals surface area contributed by atoms with Gasteiger partial charge in [0.1, 0.15) is 12.4 Å². The molecule has 0 saturated carbocycles. The van der Waals surface area contributed by atoms with E-state index in [1.807, 2.05) is 20.8 Å². The van der Waals surface area contributed by atoms with Crippen molar-refractivity contribution in [3.05, 3.63) is 66.2 Å². The summed E-state index contributed by atoms with van der Waals surface area (Å²) >= 11 is 0. The van der Waals surface area contributed by atoms with E-state index < -0.39 is 24.5 Å². The van der Waals surface area contributed by atoms with Gasteiger partial charge in [-0.2, -0.15) is 23.0 Å². The van der Waals surface area contributed by atoms with Crippen molar-refractivity contribution >= 4 is 22.8 Å². The van der Waals surface area contributed by atoms with E-state index in [-0.39, 0.29) is 16.4 Å². The van der Waals surface area contributed by atoms with E-state index in [2.05, 4.69) is 20.4 Å². The first-order chi connectivity index (χ1) is 15.0. The van der Waals surface area contributed by atoms with E-state index >= 15 is 0 Å². The van der Waals surface area contributed by atoms with E-state index in [1.165, 1.54) is 16.8 Å². The highest BCUT2D eigenvalue weighted by Crippen LogP contribution is 2.31. The zero-order chi connectivity index (χ0) is 23.1. The molecule has 0 spiro atoms. The number of hydrogen-bond acceptors (Lipinski definition) is 4. The van der Waals surface area contributed by atoms with Gasteiger partial charge in [-0.15, -0.1) is 0 Å². The Hall–Kier alpha value is -3.69. The molecular formula is C22H21F3N6O. The van der Waals surface area contributed by atoms with Crippen LogP contribution in [0.15, 0.2) is 54.7 Å². The molecule has 4 aromatic rings. The van der Waals surface area contributed by atoms with Gasteiger partial charge in [0.25, 0.3) is 0 Å². The number of nitrogens with one attached hydrogen (secondary N) is 1. The molecule has 166 valence electrons. The van der Waals surface area contributed by atoms with Crippen molar-refractivity contribution in [2.45, 2.75) is 38.9 Å². The number of halogens is 3. The standard InChI is InChI=1S/C22H21F3N6O/c1-21(2,3)16-12-18(31(29-16)17-10-6-7-11-26-17)28-19(32)13-30-15-9-5-4-8-14(15)27-20(30)22(23,24)25/h4-12H,13H2,1-3H3,(H,28,32). The largest absolute Gasteiger partial charge is 0.449 e. The lowest BCUT2D eigenvalue weighted by atomic mass is 9.92. The van der Waals surface area contributed by atoms with Crippen LogP contribution in [0, 0.1) is 0 Å². The van der Waals surface area contributed by atoms with Gasteiger partial charge in [-0.3, -0.25) is 4.79 Å². The van der Waals surface area contributed by atoms with Crippen LogP contribution in [0.3, 0.4) is 0 Å². The predicted octanol–water partition coefficient (Wildman–Crippen LogP) is 4.57. The summed E-state index contributed by atoms with van der Waals surface area (Å²) in [6, 6.07) is 13.1. The summed E-state index contributed by atoms with van der Waals surface area (Å²) in [6.07, 6.45) is -3.11. The van der Waals surface area contributed by atoms with Crippen molar-refractivity contribution in [3.8, 4) is 5.82 Å². The Morgan fingerprint density at radius 2 is 1.78 bits per heavy atom. The second-order valence-electron chi connectivity index (χ2n) is 8.32. The minimum absolute atomic E-state index is 0.168. The smallest absolute Gasteiger partial charge is 0.311 e. The van der Waals surface area contributed by atoms with Gasteiger partial charge in [-0.1, -0.05) is 39.0 Å². The Kier molecular flexibility index (Phi) is 5.23. The quantitative estimate of drug-likeness (QED) is 0.502. The number of benzene rings is 1. The van der Waals surface area contributed by atoms with E-state index in [0.717, 1.165) is 4.57 Å². The second-order valence-corrected chi connectivity index (χ2v) is 8.32. The fourth-order valence-corrected chi connectivity index (χ4v) is 3.27. The SMILES string of the molecule is CC(C)(C)c1cc(NC(=O)Cn2c(C(F)(F)F)nc3ccccc32)n(-c2ccccn2)n1. The third kappa shape index (κ3) is 4.20. The lowest BCUT2D eigenvalue weighted by Gasteiger charge is -2.13. The third-order valence-electron chi connectivity index (χ3n) is 4.82. The molecular weight excluding hydrogens is 421 g/mol. The zero-order valence-electron chi connectivity index (χ0n) is 17.7. The van der Waals surface area contributed by atoms with Crippen LogP contribution in [0.1, 0.15) is 32.3 Å². The van der Waals surface area contributed by atoms with Crippen LogP contribution < -0.4 is 5.32 Å². The summed E-state index contributed by atoms with van der Waals surface area (Å²) in [5, 5.41) is 7.24. The van der Waals surface area contributed by atoms with Crippen molar-refractivity contribution in [1.82, 2.24) is 24.3 Å². The molecule has 32 heavy (non-hydrogen) atoms. The van der Waals surface area contributed by atoms with Gasteiger partial charge in [-0.05, 0) is 24.3 Å². The number of imidazole rings is 1. The molecule has 3 aromatic heterocycles.